The molecule has 1 fully saturated rings. The Balaban J connectivity index is 2.00. The molecule has 0 radical (unpaired) electrons. The lowest BCUT2D eigenvalue weighted by molar-refractivity contribution is 0.378. The Labute approximate surface area is 128 Å². The van der Waals surface area contributed by atoms with Crippen LogP contribution in [0.1, 0.15) is 26.7 Å². The van der Waals surface area contributed by atoms with Crippen LogP contribution in [0.15, 0.2) is 16.7 Å². The van der Waals surface area contributed by atoms with E-state index in [1.807, 2.05) is 12.3 Å². The third kappa shape index (κ3) is 4.33. The summed E-state index contributed by atoms with van der Waals surface area (Å²) >= 11 is 9.69. The minimum absolute atomic E-state index is 0.546. The van der Waals surface area contributed by atoms with Crippen LogP contribution in [0.25, 0.3) is 0 Å². The fourth-order valence-electron chi connectivity index (χ4n) is 2.47. The van der Waals surface area contributed by atoms with E-state index in [0.29, 0.717) is 12.0 Å². The van der Waals surface area contributed by atoms with Crippen LogP contribution in [0.2, 0.25) is 5.02 Å². The molecule has 1 aliphatic rings. The Hall–Kier alpha value is -0.320. The monoisotopic (exact) mass is 345 g/mol. The molecule has 1 aromatic rings. The van der Waals surface area contributed by atoms with Crippen LogP contribution in [0.4, 0.5) is 5.82 Å². The molecule has 2 rings (SSSR count). The van der Waals surface area contributed by atoms with Crippen molar-refractivity contribution in [2.75, 3.05) is 24.5 Å². The number of hydrogen-bond donors (Lipinski definition) is 1. The van der Waals surface area contributed by atoms with Gasteiger partial charge >= 0.3 is 0 Å². The van der Waals surface area contributed by atoms with Crippen molar-refractivity contribution in [1.29, 1.82) is 0 Å². The van der Waals surface area contributed by atoms with Crippen molar-refractivity contribution in [2.24, 2.45) is 5.92 Å². The second-order valence-electron chi connectivity index (χ2n) is 5.48. The molecule has 1 aromatic heterocycles. The second-order valence-corrected chi connectivity index (χ2v) is 6.80. The van der Waals surface area contributed by atoms with Gasteiger partial charge in [-0.05, 0) is 47.3 Å². The van der Waals surface area contributed by atoms with E-state index < -0.39 is 0 Å². The van der Waals surface area contributed by atoms with E-state index in [1.165, 1.54) is 12.8 Å². The first-order valence-electron chi connectivity index (χ1n) is 6.85. The van der Waals surface area contributed by atoms with Crippen LogP contribution in [0.3, 0.4) is 0 Å². The predicted molar refractivity (Wildman–Crippen MR) is 85.0 cm³/mol. The zero-order valence-corrected chi connectivity index (χ0v) is 13.8. The lowest BCUT2D eigenvalue weighted by Crippen LogP contribution is -2.41. The van der Waals surface area contributed by atoms with Gasteiger partial charge in [-0.2, -0.15) is 0 Å². The number of nitrogens with zero attached hydrogens (tertiary/aromatic N) is 2. The lowest BCUT2D eigenvalue weighted by atomic mass is 9.97. The molecular formula is C14H21BrClN3. The topological polar surface area (TPSA) is 28.2 Å². The van der Waals surface area contributed by atoms with Gasteiger partial charge in [0, 0.05) is 29.8 Å². The highest BCUT2D eigenvalue weighted by atomic mass is 79.9. The molecule has 0 amide bonds. The number of pyridine rings is 1. The van der Waals surface area contributed by atoms with Gasteiger partial charge in [0.15, 0.2) is 0 Å². The molecule has 0 spiro atoms. The van der Waals surface area contributed by atoms with Crippen LogP contribution in [-0.2, 0) is 0 Å². The molecule has 1 saturated heterocycles. The largest absolute Gasteiger partial charge is 0.355 e. The van der Waals surface area contributed by atoms with Crippen molar-refractivity contribution in [3.05, 3.63) is 21.8 Å². The highest BCUT2D eigenvalue weighted by molar-refractivity contribution is 9.10. The maximum Gasteiger partial charge on any atom is 0.147 e. The van der Waals surface area contributed by atoms with Gasteiger partial charge < -0.3 is 10.2 Å². The number of nitrogens with one attached hydrogen (secondary N) is 1. The lowest BCUT2D eigenvalue weighted by Gasteiger charge is -2.34. The molecule has 0 bridgehead atoms. The average Bonchev–Trinajstić information content (AvgIpc) is 2.36. The predicted octanol–water partition coefficient (Wildman–Crippen LogP) is 3.71. The first kappa shape index (κ1) is 15.1. The van der Waals surface area contributed by atoms with Crippen molar-refractivity contribution in [2.45, 2.75) is 32.7 Å². The van der Waals surface area contributed by atoms with E-state index in [9.17, 15) is 0 Å². The van der Waals surface area contributed by atoms with E-state index in [2.05, 4.69) is 45.0 Å². The Morgan fingerprint density at radius 2 is 2.37 bits per heavy atom. The summed E-state index contributed by atoms with van der Waals surface area (Å²) in [4.78, 5) is 6.77. The van der Waals surface area contributed by atoms with E-state index >= 15 is 0 Å². The van der Waals surface area contributed by atoms with Gasteiger partial charge in [0.05, 0.1) is 5.02 Å². The normalized spacial score (nSPS) is 20.1. The molecule has 19 heavy (non-hydrogen) atoms. The number of hydrogen-bond acceptors (Lipinski definition) is 3. The summed E-state index contributed by atoms with van der Waals surface area (Å²) in [5.74, 6) is 1.59. The zero-order chi connectivity index (χ0) is 13.8. The molecule has 1 unspecified atom stereocenters. The van der Waals surface area contributed by atoms with Crippen LogP contribution in [0.5, 0.6) is 0 Å². The summed E-state index contributed by atoms with van der Waals surface area (Å²) in [5, 5.41) is 4.25. The molecule has 0 aliphatic carbocycles. The van der Waals surface area contributed by atoms with Crippen LogP contribution >= 0.6 is 27.5 Å². The third-order valence-corrected chi connectivity index (χ3v) is 4.13. The summed E-state index contributed by atoms with van der Waals surface area (Å²) in [6.45, 7) is 7.53. The Morgan fingerprint density at radius 3 is 3.05 bits per heavy atom. The highest BCUT2D eigenvalue weighted by Crippen LogP contribution is 2.29. The fourth-order valence-corrected chi connectivity index (χ4v) is 3.22. The number of rotatable bonds is 4. The quantitative estimate of drug-likeness (QED) is 0.901. The van der Waals surface area contributed by atoms with Gasteiger partial charge in [-0.15, -0.1) is 0 Å². The molecule has 3 nitrogen and oxygen atoms in total. The molecule has 0 aromatic carbocycles. The molecule has 5 heteroatoms. The smallest absolute Gasteiger partial charge is 0.147 e. The summed E-state index contributed by atoms with van der Waals surface area (Å²) in [6.07, 6.45) is 4.31. The van der Waals surface area contributed by atoms with Crippen LogP contribution in [0, 0.1) is 5.92 Å². The van der Waals surface area contributed by atoms with Gasteiger partial charge in [0.1, 0.15) is 5.82 Å². The third-order valence-electron chi connectivity index (χ3n) is 3.42. The minimum atomic E-state index is 0.546. The number of piperidine rings is 1. The first-order chi connectivity index (χ1) is 9.06. The summed E-state index contributed by atoms with van der Waals surface area (Å²) in [6, 6.07) is 2.46. The van der Waals surface area contributed by atoms with Crippen LogP contribution < -0.4 is 10.2 Å². The van der Waals surface area contributed by atoms with Gasteiger partial charge in [0.2, 0.25) is 0 Å². The standard InChI is InChI=1S/C14H21BrClN3/c1-10(2)17-7-11-4-3-5-19(9-11)14-13(16)6-12(15)8-18-14/h6,8,10-11,17H,3-5,7,9H2,1-2H3. The van der Waals surface area contributed by atoms with Gasteiger partial charge in [-0.25, -0.2) is 4.98 Å². The summed E-state index contributed by atoms with van der Waals surface area (Å²) < 4.78 is 0.927. The zero-order valence-electron chi connectivity index (χ0n) is 11.5. The highest BCUT2D eigenvalue weighted by Gasteiger charge is 2.22. The first-order valence-corrected chi connectivity index (χ1v) is 8.02. The summed E-state index contributed by atoms with van der Waals surface area (Å²) in [7, 11) is 0. The van der Waals surface area contributed by atoms with Crippen molar-refractivity contribution in [3.63, 3.8) is 0 Å². The maximum absolute atomic E-state index is 6.29. The van der Waals surface area contributed by atoms with Crippen molar-refractivity contribution in [3.8, 4) is 0 Å². The minimum Gasteiger partial charge on any atom is -0.355 e. The molecule has 1 aliphatic heterocycles. The Kier molecular flexibility index (Phi) is 5.48. The van der Waals surface area contributed by atoms with Crippen molar-refractivity contribution < 1.29 is 0 Å². The Morgan fingerprint density at radius 1 is 1.58 bits per heavy atom. The van der Waals surface area contributed by atoms with Crippen molar-refractivity contribution >= 4 is 33.3 Å². The van der Waals surface area contributed by atoms with E-state index in [-0.39, 0.29) is 0 Å². The second kappa shape index (κ2) is 6.91. The van der Waals surface area contributed by atoms with Crippen molar-refractivity contribution in [1.82, 2.24) is 10.3 Å². The molecule has 0 saturated carbocycles. The molecule has 106 valence electrons. The summed E-state index contributed by atoms with van der Waals surface area (Å²) in [5.41, 5.74) is 0. The van der Waals surface area contributed by atoms with Gasteiger partial charge in [0.25, 0.3) is 0 Å². The molecular weight excluding hydrogens is 326 g/mol. The fraction of sp³-hybridized carbons (Fsp3) is 0.643. The van der Waals surface area contributed by atoms with Crippen LogP contribution in [-0.4, -0.2) is 30.7 Å². The van der Waals surface area contributed by atoms with E-state index in [4.69, 9.17) is 11.6 Å². The average molecular weight is 347 g/mol. The Bertz CT molecular complexity index is 425. The van der Waals surface area contributed by atoms with E-state index in [1.54, 1.807) is 0 Å². The molecule has 2 heterocycles. The number of aromatic nitrogens is 1. The maximum atomic E-state index is 6.29. The number of halogens is 2. The number of anilines is 1. The molecule has 1 N–H and O–H groups in total. The van der Waals surface area contributed by atoms with E-state index in [0.717, 1.165) is 34.9 Å². The molecule has 1 atom stereocenters. The van der Waals surface area contributed by atoms with Gasteiger partial charge in [-0.1, -0.05) is 25.4 Å². The van der Waals surface area contributed by atoms with Gasteiger partial charge in [-0.3, -0.25) is 0 Å². The SMILES string of the molecule is CC(C)NCC1CCCN(c2ncc(Br)cc2Cl)C1.